The number of carboxylic acid groups (broad SMARTS) is 1. The average Bonchev–Trinajstić information content (AvgIpc) is 2.54. The normalized spacial score (nSPS) is 11.8. The van der Waals surface area contributed by atoms with Crippen molar-refractivity contribution in [1.29, 1.82) is 0 Å². The maximum Gasteiger partial charge on any atom is 0.356 e. The fraction of sp³-hybridized carbons (Fsp3) is 0.0625. The SMILES string of the molecule is CC(/C=N/Nc1c(Cl)c(Cl)nc(C(=O)O)c1Cl)=C\c1ccccc1. The van der Waals surface area contributed by atoms with Gasteiger partial charge in [-0.2, -0.15) is 5.10 Å². The quantitative estimate of drug-likeness (QED) is 0.420. The Morgan fingerprint density at radius 2 is 1.88 bits per heavy atom. The van der Waals surface area contributed by atoms with Crippen molar-refractivity contribution in [2.45, 2.75) is 6.92 Å². The van der Waals surface area contributed by atoms with Crippen molar-refractivity contribution in [1.82, 2.24) is 4.98 Å². The lowest BCUT2D eigenvalue weighted by Gasteiger charge is -2.09. The second-order valence-corrected chi connectivity index (χ2v) is 5.84. The number of nitrogens with one attached hydrogen (secondary N) is 1. The van der Waals surface area contributed by atoms with Crippen molar-refractivity contribution in [2.24, 2.45) is 5.10 Å². The maximum absolute atomic E-state index is 11.1. The molecule has 1 aromatic heterocycles. The molecule has 0 saturated carbocycles. The molecule has 2 aromatic rings. The number of aromatic nitrogens is 1. The minimum atomic E-state index is -1.31. The number of halogens is 3. The van der Waals surface area contributed by atoms with Crippen molar-refractivity contribution >= 4 is 58.8 Å². The van der Waals surface area contributed by atoms with E-state index in [1.807, 2.05) is 43.3 Å². The largest absolute Gasteiger partial charge is 0.476 e. The number of anilines is 1. The monoisotopic (exact) mass is 383 g/mol. The van der Waals surface area contributed by atoms with Crippen LogP contribution >= 0.6 is 34.8 Å². The minimum absolute atomic E-state index is 0.00601. The maximum atomic E-state index is 11.1. The number of carbonyl (C=O) groups is 1. The highest BCUT2D eigenvalue weighted by Gasteiger charge is 2.20. The van der Waals surface area contributed by atoms with Gasteiger partial charge in [-0.1, -0.05) is 71.2 Å². The van der Waals surface area contributed by atoms with E-state index in [1.54, 1.807) is 6.21 Å². The van der Waals surface area contributed by atoms with E-state index in [0.29, 0.717) is 0 Å². The molecule has 0 aliphatic rings. The topological polar surface area (TPSA) is 74.6 Å². The summed E-state index contributed by atoms with van der Waals surface area (Å²) in [7, 11) is 0. The summed E-state index contributed by atoms with van der Waals surface area (Å²) in [6.07, 6.45) is 3.48. The van der Waals surface area contributed by atoms with E-state index in [9.17, 15) is 4.79 Å². The summed E-state index contributed by atoms with van der Waals surface area (Å²) in [6, 6.07) is 9.71. The lowest BCUT2D eigenvalue weighted by Crippen LogP contribution is -2.05. The smallest absolute Gasteiger partial charge is 0.356 e. The molecule has 1 heterocycles. The van der Waals surface area contributed by atoms with Gasteiger partial charge in [-0.05, 0) is 18.1 Å². The average molecular weight is 385 g/mol. The molecule has 0 saturated heterocycles. The van der Waals surface area contributed by atoms with E-state index >= 15 is 0 Å². The first-order valence-corrected chi connectivity index (χ1v) is 7.83. The molecule has 0 radical (unpaired) electrons. The van der Waals surface area contributed by atoms with Crippen molar-refractivity contribution < 1.29 is 9.90 Å². The highest BCUT2D eigenvalue weighted by molar-refractivity contribution is 6.46. The van der Waals surface area contributed by atoms with Crippen LogP contribution in [-0.4, -0.2) is 22.3 Å². The van der Waals surface area contributed by atoms with E-state index in [0.717, 1.165) is 11.1 Å². The summed E-state index contributed by atoms with van der Waals surface area (Å²) in [5.41, 5.74) is 4.18. The third-order valence-electron chi connectivity index (χ3n) is 2.88. The molecule has 5 nitrogen and oxygen atoms in total. The number of carboxylic acids is 1. The predicted octanol–water partition coefficient (Wildman–Crippen LogP) is 5.24. The molecule has 0 fully saturated rings. The molecule has 0 amide bonds. The van der Waals surface area contributed by atoms with Gasteiger partial charge in [0.25, 0.3) is 0 Å². The highest BCUT2D eigenvalue weighted by Crippen LogP contribution is 2.36. The molecule has 0 spiro atoms. The number of rotatable bonds is 5. The third kappa shape index (κ3) is 4.47. The first kappa shape index (κ1) is 18.3. The van der Waals surface area contributed by atoms with Crippen molar-refractivity contribution in [3.05, 3.63) is 62.4 Å². The van der Waals surface area contributed by atoms with Crippen LogP contribution in [0.15, 0.2) is 41.0 Å². The molecule has 0 aliphatic heterocycles. The molecular formula is C16H12Cl3N3O2. The second kappa shape index (κ2) is 8.15. The number of hydrazone groups is 1. The van der Waals surface area contributed by atoms with Crippen LogP contribution in [0.1, 0.15) is 23.0 Å². The van der Waals surface area contributed by atoms with Crippen molar-refractivity contribution in [3.8, 4) is 0 Å². The number of benzene rings is 1. The lowest BCUT2D eigenvalue weighted by molar-refractivity contribution is 0.0691. The Bertz CT molecular complexity index is 821. The van der Waals surface area contributed by atoms with Crippen LogP contribution in [0.3, 0.4) is 0 Å². The van der Waals surface area contributed by atoms with E-state index < -0.39 is 11.7 Å². The molecular weight excluding hydrogens is 373 g/mol. The standard InChI is InChI=1S/C16H12Cl3N3O2/c1-9(7-10-5-3-2-4-6-10)8-20-22-13-11(17)14(16(23)24)21-15(19)12(13)18/h2-8H,1H3,(H,21,22)(H,23,24)/b9-7+,20-8+. The zero-order valence-electron chi connectivity index (χ0n) is 12.4. The summed E-state index contributed by atoms with van der Waals surface area (Å²) in [4.78, 5) is 14.7. The van der Waals surface area contributed by atoms with Gasteiger partial charge in [0.05, 0.1) is 11.9 Å². The molecule has 0 unspecified atom stereocenters. The van der Waals surface area contributed by atoms with Crippen LogP contribution in [-0.2, 0) is 0 Å². The Hall–Kier alpha value is -2.08. The summed E-state index contributed by atoms with van der Waals surface area (Å²) in [5.74, 6) is -1.31. The van der Waals surface area contributed by atoms with Gasteiger partial charge in [-0.15, -0.1) is 0 Å². The number of hydrogen-bond donors (Lipinski definition) is 2. The second-order valence-electron chi connectivity index (χ2n) is 4.73. The first-order valence-electron chi connectivity index (χ1n) is 6.70. The lowest BCUT2D eigenvalue weighted by atomic mass is 10.1. The zero-order chi connectivity index (χ0) is 17.7. The van der Waals surface area contributed by atoms with Gasteiger partial charge in [0.1, 0.15) is 10.0 Å². The fourth-order valence-electron chi connectivity index (χ4n) is 1.80. The molecule has 0 aliphatic carbocycles. The van der Waals surface area contributed by atoms with Gasteiger partial charge in [-0.3, -0.25) is 5.43 Å². The van der Waals surface area contributed by atoms with E-state index in [2.05, 4.69) is 15.5 Å². The molecule has 2 N–H and O–H groups in total. The van der Waals surface area contributed by atoms with Gasteiger partial charge >= 0.3 is 5.97 Å². The summed E-state index contributed by atoms with van der Waals surface area (Å²) in [5, 5.41) is 12.7. The molecule has 0 atom stereocenters. The number of aromatic carboxylic acids is 1. The Kier molecular flexibility index (Phi) is 6.20. The van der Waals surface area contributed by atoms with Crippen LogP contribution in [0, 0.1) is 0 Å². The number of allylic oxidation sites excluding steroid dienone is 1. The Balaban J connectivity index is 2.23. The predicted molar refractivity (Wildman–Crippen MR) is 98.4 cm³/mol. The molecule has 2 rings (SSSR count). The van der Waals surface area contributed by atoms with Gasteiger partial charge in [-0.25, -0.2) is 9.78 Å². The number of nitrogens with zero attached hydrogens (tertiary/aromatic N) is 2. The van der Waals surface area contributed by atoms with Crippen molar-refractivity contribution in [2.75, 3.05) is 5.43 Å². The number of pyridine rings is 1. The van der Waals surface area contributed by atoms with E-state index in [1.165, 1.54) is 0 Å². The summed E-state index contributed by atoms with van der Waals surface area (Å²) >= 11 is 17.8. The van der Waals surface area contributed by atoms with Gasteiger partial charge in [0.2, 0.25) is 0 Å². The van der Waals surface area contributed by atoms with Crippen LogP contribution in [0.4, 0.5) is 5.69 Å². The summed E-state index contributed by atoms with van der Waals surface area (Å²) < 4.78 is 0. The van der Waals surface area contributed by atoms with Crippen molar-refractivity contribution in [3.63, 3.8) is 0 Å². The third-order valence-corrected chi connectivity index (χ3v) is 3.99. The van der Waals surface area contributed by atoms with Gasteiger partial charge in [0, 0.05) is 0 Å². The minimum Gasteiger partial charge on any atom is -0.476 e. The van der Waals surface area contributed by atoms with E-state index in [4.69, 9.17) is 39.9 Å². The first-order chi connectivity index (χ1) is 11.4. The van der Waals surface area contributed by atoms with Gasteiger partial charge in [0.15, 0.2) is 10.8 Å². The Morgan fingerprint density at radius 1 is 1.21 bits per heavy atom. The molecule has 1 aromatic carbocycles. The van der Waals surface area contributed by atoms with Crippen LogP contribution in [0.2, 0.25) is 15.2 Å². The van der Waals surface area contributed by atoms with Crippen LogP contribution in [0.25, 0.3) is 6.08 Å². The van der Waals surface area contributed by atoms with Gasteiger partial charge < -0.3 is 5.11 Å². The fourth-order valence-corrected chi connectivity index (χ4v) is 2.47. The Morgan fingerprint density at radius 3 is 2.50 bits per heavy atom. The number of hydrogen-bond acceptors (Lipinski definition) is 4. The molecule has 0 bridgehead atoms. The summed E-state index contributed by atoms with van der Waals surface area (Å²) in [6.45, 7) is 1.86. The van der Waals surface area contributed by atoms with E-state index in [-0.39, 0.29) is 20.9 Å². The highest BCUT2D eigenvalue weighted by atomic mass is 35.5. The molecule has 24 heavy (non-hydrogen) atoms. The molecule has 8 heteroatoms. The van der Waals surface area contributed by atoms with Crippen LogP contribution in [0.5, 0.6) is 0 Å². The molecule has 124 valence electrons. The van der Waals surface area contributed by atoms with Crippen LogP contribution < -0.4 is 5.43 Å². The Labute approximate surface area is 153 Å². The zero-order valence-corrected chi connectivity index (χ0v) is 14.7.